The van der Waals surface area contributed by atoms with E-state index in [9.17, 15) is 4.79 Å². The molecule has 0 radical (unpaired) electrons. The standard InChI is InChI=1S/C20H16BrNO2/c1-24-19-11-9-14(13-17(19)21)10-12-20(23)22-18-8-4-6-15-5-2-3-7-16(15)18/h2-13H,1H3,(H,22,23)/b12-10+. The van der Waals surface area contributed by atoms with Crippen molar-refractivity contribution in [2.75, 3.05) is 12.4 Å². The van der Waals surface area contributed by atoms with Crippen LogP contribution in [0.1, 0.15) is 5.56 Å². The van der Waals surface area contributed by atoms with Gasteiger partial charge in [-0.15, -0.1) is 0 Å². The zero-order chi connectivity index (χ0) is 16.9. The third kappa shape index (κ3) is 3.66. The van der Waals surface area contributed by atoms with Crippen LogP contribution in [0, 0.1) is 0 Å². The maximum Gasteiger partial charge on any atom is 0.248 e. The Bertz CT molecular complexity index is 913. The number of rotatable bonds is 4. The number of benzene rings is 3. The molecule has 0 aliphatic heterocycles. The molecule has 0 bridgehead atoms. The second-order valence-electron chi connectivity index (χ2n) is 5.24. The summed E-state index contributed by atoms with van der Waals surface area (Å²) < 4.78 is 6.04. The summed E-state index contributed by atoms with van der Waals surface area (Å²) in [6, 6.07) is 19.5. The van der Waals surface area contributed by atoms with E-state index in [-0.39, 0.29) is 5.91 Å². The Labute approximate surface area is 149 Å². The Morgan fingerprint density at radius 1 is 1.08 bits per heavy atom. The molecule has 3 rings (SSSR count). The van der Waals surface area contributed by atoms with Crippen molar-refractivity contribution in [3.8, 4) is 5.75 Å². The van der Waals surface area contributed by atoms with Crippen LogP contribution in [0.25, 0.3) is 16.8 Å². The van der Waals surface area contributed by atoms with E-state index in [1.54, 1.807) is 13.2 Å². The lowest BCUT2D eigenvalue weighted by Gasteiger charge is -2.07. The van der Waals surface area contributed by atoms with Crippen molar-refractivity contribution in [2.45, 2.75) is 0 Å². The number of nitrogens with one attached hydrogen (secondary N) is 1. The fourth-order valence-corrected chi connectivity index (χ4v) is 3.03. The van der Waals surface area contributed by atoms with Crippen LogP contribution in [0.2, 0.25) is 0 Å². The molecule has 1 amide bonds. The summed E-state index contributed by atoms with van der Waals surface area (Å²) in [4.78, 5) is 12.2. The molecule has 0 aliphatic carbocycles. The molecule has 4 heteroatoms. The maximum atomic E-state index is 12.2. The average molecular weight is 382 g/mol. The van der Waals surface area contributed by atoms with E-state index in [1.807, 2.05) is 60.7 Å². The summed E-state index contributed by atoms with van der Waals surface area (Å²) in [7, 11) is 1.62. The highest BCUT2D eigenvalue weighted by Crippen LogP contribution is 2.26. The highest BCUT2D eigenvalue weighted by atomic mass is 79.9. The van der Waals surface area contributed by atoms with Crippen LogP contribution in [-0.4, -0.2) is 13.0 Å². The first-order valence-corrected chi connectivity index (χ1v) is 8.27. The normalized spacial score (nSPS) is 10.9. The van der Waals surface area contributed by atoms with Crippen LogP contribution in [0.5, 0.6) is 5.75 Å². The molecule has 0 saturated heterocycles. The van der Waals surface area contributed by atoms with Crippen molar-refractivity contribution in [1.82, 2.24) is 0 Å². The van der Waals surface area contributed by atoms with Gasteiger partial charge in [0, 0.05) is 17.1 Å². The second-order valence-corrected chi connectivity index (χ2v) is 6.10. The monoisotopic (exact) mass is 381 g/mol. The van der Waals surface area contributed by atoms with Crippen molar-refractivity contribution >= 4 is 44.4 Å². The molecule has 120 valence electrons. The van der Waals surface area contributed by atoms with Crippen LogP contribution >= 0.6 is 15.9 Å². The minimum atomic E-state index is -0.168. The zero-order valence-corrected chi connectivity index (χ0v) is 14.7. The van der Waals surface area contributed by atoms with Crippen molar-refractivity contribution < 1.29 is 9.53 Å². The lowest BCUT2D eigenvalue weighted by atomic mass is 10.1. The van der Waals surface area contributed by atoms with Crippen molar-refractivity contribution in [3.05, 3.63) is 76.8 Å². The lowest BCUT2D eigenvalue weighted by Crippen LogP contribution is -2.07. The van der Waals surface area contributed by atoms with Crippen LogP contribution in [0.4, 0.5) is 5.69 Å². The highest BCUT2D eigenvalue weighted by Gasteiger charge is 2.03. The topological polar surface area (TPSA) is 38.3 Å². The molecule has 0 fully saturated rings. The first-order chi connectivity index (χ1) is 11.7. The first kappa shape index (κ1) is 16.3. The molecular formula is C20H16BrNO2. The molecule has 0 unspecified atom stereocenters. The van der Waals surface area contributed by atoms with E-state index >= 15 is 0 Å². The molecule has 0 saturated carbocycles. The van der Waals surface area contributed by atoms with Crippen molar-refractivity contribution in [1.29, 1.82) is 0 Å². The largest absolute Gasteiger partial charge is 0.496 e. The predicted molar refractivity (Wildman–Crippen MR) is 102 cm³/mol. The molecule has 0 aliphatic rings. The molecule has 3 aromatic rings. The van der Waals surface area contributed by atoms with Gasteiger partial charge in [-0.25, -0.2) is 0 Å². The molecule has 1 N–H and O–H groups in total. The number of anilines is 1. The van der Waals surface area contributed by atoms with Crippen LogP contribution < -0.4 is 10.1 Å². The minimum absolute atomic E-state index is 0.168. The average Bonchev–Trinajstić information content (AvgIpc) is 2.60. The van der Waals surface area contributed by atoms with Crippen LogP contribution in [0.3, 0.4) is 0 Å². The Hall–Kier alpha value is -2.59. The summed E-state index contributed by atoms with van der Waals surface area (Å²) in [5, 5.41) is 5.05. The van der Waals surface area contributed by atoms with E-state index in [0.717, 1.165) is 32.2 Å². The van der Waals surface area contributed by atoms with Crippen molar-refractivity contribution in [3.63, 3.8) is 0 Å². The summed E-state index contributed by atoms with van der Waals surface area (Å²) in [5.41, 5.74) is 1.72. The Balaban J connectivity index is 1.76. The molecule has 0 heterocycles. The first-order valence-electron chi connectivity index (χ1n) is 7.48. The van der Waals surface area contributed by atoms with E-state index in [1.165, 1.54) is 6.08 Å². The third-order valence-corrected chi connectivity index (χ3v) is 4.27. The number of methoxy groups -OCH3 is 1. The van der Waals surface area contributed by atoms with Crippen LogP contribution in [-0.2, 0) is 4.79 Å². The van der Waals surface area contributed by atoms with Gasteiger partial charge in [0.2, 0.25) is 5.91 Å². The van der Waals surface area contributed by atoms with Crippen molar-refractivity contribution in [2.24, 2.45) is 0 Å². The number of hydrogen-bond donors (Lipinski definition) is 1. The van der Waals surface area contributed by atoms with Gasteiger partial charge in [-0.05, 0) is 51.2 Å². The molecule has 0 aromatic heterocycles. The summed E-state index contributed by atoms with van der Waals surface area (Å²) >= 11 is 3.44. The predicted octanol–water partition coefficient (Wildman–Crippen LogP) is 5.26. The third-order valence-electron chi connectivity index (χ3n) is 3.65. The number of carbonyl (C=O) groups excluding carboxylic acids is 1. The molecule has 0 spiro atoms. The number of fused-ring (bicyclic) bond motifs is 1. The molecular weight excluding hydrogens is 366 g/mol. The van der Waals surface area contributed by atoms with E-state index in [4.69, 9.17) is 4.74 Å². The summed E-state index contributed by atoms with van der Waals surface area (Å²) in [6.07, 6.45) is 3.29. The Morgan fingerprint density at radius 2 is 1.88 bits per heavy atom. The number of halogens is 1. The number of carbonyl (C=O) groups is 1. The Kier molecular flexibility index (Phi) is 4.96. The minimum Gasteiger partial charge on any atom is -0.496 e. The number of hydrogen-bond acceptors (Lipinski definition) is 2. The number of ether oxygens (including phenoxy) is 1. The molecule has 3 nitrogen and oxygen atoms in total. The van der Waals surface area contributed by atoms with Gasteiger partial charge in [-0.3, -0.25) is 4.79 Å². The van der Waals surface area contributed by atoms with Gasteiger partial charge in [0.15, 0.2) is 0 Å². The lowest BCUT2D eigenvalue weighted by molar-refractivity contribution is -0.111. The molecule has 24 heavy (non-hydrogen) atoms. The van der Waals surface area contributed by atoms with E-state index in [0.29, 0.717) is 0 Å². The maximum absolute atomic E-state index is 12.2. The fourth-order valence-electron chi connectivity index (χ4n) is 2.47. The van der Waals surface area contributed by atoms with Gasteiger partial charge in [0.1, 0.15) is 5.75 Å². The van der Waals surface area contributed by atoms with Gasteiger partial charge < -0.3 is 10.1 Å². The van der Waals surface area contributed by atoms with Gasteiger partial charge in [-0.2, -0.15) is 0 Å². The summed E-state index contributed by atoms with van der Waals surface area (Å²) in [5.74, 6) is 0.589. The summed E-state index contributed by atoms with van der Waals surface area (Å²) in [6.45, 7) is 0. The smallest absolute Gasteiger partial charge is 0.248 e. The van der Waals surface area contributed by atoms with Gasteiger partial charge in [0.25, 0.3) is 0 Å². The second kappa shape index (κ2) is 7.32. The van der Waals surface area contributed by atoms with E-state index in [2.05, 4.69) is 21.2 Å². The zero-order valence-electron chi connectivity index (χ0n) is 13.1. The van der Waals surface area contributed by atoms with Crippen LogP contribution in [0.15, 0.2) is 71.2 Å². The SMILES string of the molecule is COc1ccc(/C=C/C(=O)Nc2cccc3ccccc23)cc1Br. The molecule has 0 atom stereocenters. The van der Waals surface area contributed by atoms with Gasteiger partial charge in [-0.1, -0.05) is 42.5 Å². The Morgan fingerprint density at radius 3 is 2.67 bits per heavy atom. The molecule has 3 aromatic carbocycles. The van der Waals surface area contributed by atoms with Gasteiger partial charge >= 0.3 is 0 Å². The fraction of sp³-hybridized carbons (Fsp3) is 0.0500. The highest BCUT2D eigenvalue weighted by molar-refractivity contribution is 9.10. The van der Waals surface area contributed by atoms with Gasteiger partial charge in [0.05, 0.1) is 11.6 Å². The number of amides is 1. The quantitative estimate of drug-likeness (QED) is 0.625. The van der Waals surface area contributed by atoms with E-state index < -0.39 is 0 Å².